The zero-order chi connectivity index (χ0) is 17.1. The van der Waals surface area contributed by atoms with Crippen LogP contribution in [-0.2, 0) is 0 Å². The second-order valence-electron chi connectivity index (χ2n) is 5.97. The van der Waals surface area contributed by atoms with Gasteiger partial charge in [0.1, 0.15) is 17.8 Å². The Hall–Kier alpha value is -2.70. The van der Waals surface area contributed by atoms with Crippen molar-refractivity contribution >= 4 is 23.1 Å². The van der Waals surface area contributed by atoms with E-state index in [-0.39, 0.29) is 5.56 Å². The summed E-state index contributed by atoms with van der Waals surface area (Å²) in [5.74, 6) is -0.382. The summed E-state index contributed by atoms with van der Waals surface area (Å²) in [4.78, 5) is 24.6. The highest BCUT2D eigenvalue weighted by molar-refractivity contribution is 6.05. The number of hydrogen-bond acceptors (Lipinski definition) is 5. The smallest absolute Gasteiger partial charge is 0.258 e. The monoisotopic (exact) mass is 329 g/mol. The van der Waals surface area contributed by atoms with Crippen molar-refractivity contribution in [2.75, 3.05) is 42.3 Å². The Balaban J connectivity index is 1.83. The number of carbonyl (C=O) groups is 1. The van der Waals surface area contributed by atoms with Crippen molar-refractivity contribution in [3.63, 3.8) is 0 Å². The molecule has 0 aliphatic carbocycles. The molecule has 6 nitrogen and oxygen atoms in total. The highest BCUT2D eigenvalue weighted by atomic mass is 19.1. The predicted molar refractivity (Wildman–Crippen MR) is 92.2 cm³/mol. The topological polar surface area (TPSA) is 61.4 Å². The van der Waals surface area contributed by atoms with Crippen molar-refractivity contribution in [1.82, 2.24) is 9.97 Å². The van der Waals surface area contributed by atoms with Gasteiger partial charge in [-0.25, -0.2) is 14.4 Å². The second-order valence-corrected chi connectivity index (χ2v) is 5.97. The van der Waals surface area contributed by atoms with Crippen LogP contribution in [-0.4, -0.2) is 43.1 Å². The van der Waals surface area contributed by atoms with Gasteiger partial charge in [0, 0.05) is 32.9 Å². The van der Waals surface area contributed by atoms with Gasteiger partial charge in [0.25, 0.3) is 5.91 Å². The van der Waals surface area contributed by atoms with E-state index in [9.17, 15) is 9.18 Å². The molecule has 1 fully saturated rings. The number of aromatic nitrogens is 2. The van der Waals surface area contributed by atoms with Crippen LogP contribution >= 0.6 is 0 Å². The van der Waals surface area contributed by atoms with Gasteiger partial charge in [-0.2, -0.15) is 0 Å². The Morgan fingerprint density at radius 3 is 2.71 bits per heavy atom. The molecule has 24 heavy (non-hydrogen) atoms. The van der Waals surface area contributed by atoms with E-state index in [0.717, 1.165) is 25.9 Å². The van der Waals surface area contributed by atoms with Gasteiger partial charge < -0.3 is 15.1 Å². The molecule has 0 unspecified atom stereocenters. The van der Waals surface area contributed by atoms with Crippen LogP contribution in [0.2, 0.25) is 0 Å². The highest BCUT2D eigenvalue weighted by Crippen LogP contribution is 2.26. The molecule has 0 saturated carbocycles. The molecule has 0 spiro atoms. The number of benzene rings is 1. The van der Waals surface area contributed by atoms with Crippen LogP contribution in [0.1, 0.15) is 23.2 Å². The van der Waals surface area contributed by atoms with E-state index in [2.05, 4.69) is 20.2 Å². The molecule has 2 aromatic rings. The number of nitrogens with one attached hydrogen (secondary N) is 1. The lowest BCUT2D eigenvalue weighted by Gasteiger charge is -2.19. The Morgan fingerprint density at radius 2 is 2.04 bits per heavy atom. The third kappa shape index (κ3) is 3.29. The summed E-state index contributed by atoms with van der Waals surface area (Å²) < 4.78 is 14.2. The molecule has 0 radical (unpaired) electrons. The largest absolute Gasteiger partial charge is 0.378 e. The Bertz CT molecular complexity index is 744. The maximum atomic E-state index is 14.2. The minimum atomic E-state index is -0.557. The molecule has 0 bridgehead atoms. The number of amides is 1. The summed E-state index contributed by atoms with van der Waals surface area (Å²) in [6.07, 6.45) is 5.19. The van der Waals surface area contributed by atoms with Crippen molar-refractivity contribution in [1.29, 1.82) is 0 Å². The van der Waals surface area contributed by atoms with Gasteiger partial charge >= 0.3 is 0 Å². The van der Waals surface area contributed by atoms with Crippen molar-refractivity contribution in [2.24, 2.45) is 0 Å². The van der Waals surface area contributed by atoms with Crippen LogP contribution in [0.15, 0.2) is 30.7 Å². The van der Waals surface area contributed by atoms with E-state index in [0.29, 0.717) is 17.2 Å². The van der Waals surface area contributed by atoms with E-state index in [4.69, 9.17) is 0 Å². The molecule has 1 aromatic heterocycles. The van der Waals surface area contributed by atoms with Crippen molar-refractivity contribution < 1.29 is 9.18 Å². The summed E-state index contributed by atoms with van der Waals surface area (Å²) in [7, 11) is 3.64. The first-order chi connectivity index (χ1) is 11.6. The first kappa shape index (κ1) is 16.2. The highest BCUT2D eigenvalue weighted by Gasteiger charge is 2.20. The first-order valence-corrected chi connectivity index (χ1v) is 7.89. The average molecular weight is 329 g/mol. The van der Waals surface area contributed by atoms with E-state index in [1.165, 1.54) is 18.5 Å². The van der Waals surface area contributed by atoms with E-state index >= 15 is 0 Å². The molecule has 126 valence electrons. The Kier molecular flexibility index (Phi) is 4.59. The van der Waals surface area contributed by atoms with Crippen LogP contribution in [0.3, 0.4) is 0 Å². The van der Waals surface area contributed by atoms with Crippen molar-refractivity contribution in [2.45, 2.75) is 12.8 Å². The van der Waals surface area contributed by atoms with Crippen LogP contribution in [0.25, 0.3) is 0 Å². The van der Waals surface area contributed by atoms with Gasteiger partial charge in [-0.3, -0.25) is 4.79 Å². The van der Waals surface area contributed by atoms with Crippen LogP contribution in [0, 0.1) is 5.82 Å². The number of halogens is 1. The number of hydrogen-bond donors (Lipinski definition) is 1. The maximum absolute atomic E-state index is 14.2. The fraction of sp³-hybridized carbons (Fsp3) is 0.353. The zero-order valence-corrected chi connectivity index (χ0v) is 13.8. The van der Waals surface area contributed by atoms with Gasteiger partial charge in [-0.05, 0) is 31.0 Å². The standard InChI is InChI=1S/C17H20FN5O/c1-22(2)12-5-6-13(14(18)9-12)17(24)21-15-10-19-11-20-16(15)23-7-3-4-8-23/h5-6,9-11H,3-4,7-8H2,1-2H3,(H,21,24). The lowest BCUT2D eigenvalue weighted by molar-refractivity contribution is 0.102. The molecular formula is C17H20FN5O. The van der Waals surface area contributed by atoms with Crippen molar-refractivity contribution in [3.8, 4) is 0 Å². The minimum Gasteiger partial charge on any atom is -0.378 e. The van der Waals surface area contributed by atoms with Crippen LogP contribution in [0.5, 0.6) is 0 Å². The second kappa shape index (κ2) is 6.82. The molecule has 1 amide bonds. The molecule has 1 aliphatic heterocycles. The SMILES string of the molecule is CN(C)c1ccc(C(=O)Nc2cncnc2N2CCCC2)c(F)c1. The third-order valence-corrected chi connectivity index (χ3v) is 4.06. The molecule has 0 atom stereocenters. The predicted octanol–water partition coefficient (Wildman–Crippen LogP) is 2.53. The summed E-state index contributed by atoms with van der Waals surface area (Å²) in [6, 6.07) is 4.54. The lowest BCUT2D eigenvalue weighted by Crippen LogP contribution is -2.23. The number of nitrogens with zero attached hydrogens (tertiary/aromatic N) is 4. The zero-order valence-electron chi connectivity index (χ0n) is 13.8. The quantitative estimate of drug-likeness (QED) is 0.934. The number of anilines is 3. The number of rotatable bonds is 4. The Labute approximate surface area is 140 Å². The minimum absolute atomic E-state index is 0.00294. The fourth-order valence-corrected chi connectivity index (χ4v) is 2.75. The molecular weight excluding hydrogens is 309 g/mol. The van der Waals surface area contributed by atoms with Crippen molar-refractivity contribution in [3.05, 3.63) is 42.1 Å². The maximum Gasteiger partial charge on any atom is 0.258 e. The van der Waals surface area contributed by atoms with Gasteiger partial charge in [-0.15, -0.1) is 0 Å². The molecule has 3 rings (SSSR count). The first-order valence-electron chi connectivity index (χ1n) is 7.89. The molecule has 1 aliphatic rings. The molecule has 7 heteroatoms. The summed E-state index contributed by atoms with van der Waals surface area (Å²) in [5, 5.41) is 2.73. The molecule has 2 heterocycles. The van der Waals surface area contributed by atoms with E-state index < -0.39 is 11.7 Å². The van der Waals surface area contributed by atoms with E-state index in [1.807, 2.05) is 14.1 Å². The average Bonchev–Trinajstić information content (AvgIpc) is 3.09. The van der Waals surface area contributed by atoms with Crippen LogP contribution in [0.4, 0.5) is 21.6 Å². The summed E-state index contributed by atoms with van der Waals surface area (Å²) in [5.41, 5.74) is 1.20. The summed E-state index contributed by atoms with van der Waals surface area (Å²) >= 11 is 0. The normalized spacial score (nSPS) is 13.9. The van der Waals surface area contributed by atoms with Gasteiger partial charge in [-0.1, -0.05) is 0 Å². The molecule has 1 saturated heterocycles. The molecule has 1 aromatic carbocycles. The van der Waals surface area contributed by atoms with Gasteiger partial charge in [0.15, 0.2) is 5.82 Å². The Morgan fingerprint density at radius 1 is 1.29 bits per heavy atom. The third-order valence-electron chi connectivity index (χ3n) is 4.06. The van der Waals surface area contributed by atoms with Gasteiger partial charge in [0.05, 0.1) is 11.8 Å². The summed E-state index contributed by atoms with van der Waals surface area (Å²) in [6.45, 7) is 1.79. The van der Waals surface area contributed by atoms with Gasteiger partial charge in [0.2, 0.25) is 0 Å². The van der Waals surface area contributed by atoms with Crippen LogP contribution < -0.4 is 15.1 Å². The molecule has 1 N–H and O–H groups in total. The number of carbonyl (C=O) groups excluding carboxylic acids is 1. The fourth-order valence-electron chi connectivity index (χ4n) is 2.75. The lowest BCUT2D eigenvalue weighted by atomic mass is 10.1. The van der Waals surface area contributed by atoms with E-state index in [1.54, 1.807) is 17.2 Å².